The van der Waals surface area contributed by atoms with Crippen LogP contribution in [0.15, 0.2) is 24.3 Å². The van der Waals surface area contributed by atoms with Crippen molar-refractivity contribution in [3.63, 3.8) is 0 Å². The van der Waals surface area contributed by atoms with E-state index in [1.54, 1.807) is 0 Å². The fourth-order valence-electron chi connectivity index (χ4n) is 2.44. The van der Waals surface area contributed by atoms with Gasteiger partial charge in [0, 0.05) is 18.0 Å². The maximum atomic E-state index is 12.7. The van der Waals surface area contributed by atoms with E-state index < -0.39 is 0 Å². The first-order valence-electron chi connectivity index (χ1n) is 6.91. The number of hydrogen-bond acceptors (Lipinski definition) is 2. The van der Waals surface area contributed by atoms with Gasteiger partial charge in [0.05, 0.1) is 5.52 Å². The number of fused-ring (bicyclic) bond motifs is 1. The van der Waals surface area contributed by atoms with Gasteiger partial charge in [-0.25, -0.2) is 0 Å². The number of carbonyl (C=O) groups excluding carboxylic acids is 1. The Morgan fingerprint density at radius 1 is 1.42 bits per heavy atom. The van der Waals surface area contributed by atoms with Gasteiger partial charge in [0.1, 0.15) is 0 Å². The van der Waals surface area contributed by atoms with Crippen LogP contribution < -0.4 is 0 Å². The smallest absolute Gasteiger partial charge is 0.275 e. The molecule has 0 unspecified atom stereocenters. The van der Waals surface area contributed by atoms with E-state index in [-0.39, 0.29) is 5.91 Å². The van der Waals surface area contributed by atoms with E-state index in [2.05, 4.69) is 24.0 Å². The van der Waals surface area contributed by atoms with Gasteiger partial charge >= 0.3 is 0 Å². The number of rotatable bonds is 4. The second-order valence-electron chi connectivity index (χ2n) is 5.70. The van der Waals surface area contributed by atoms with Crippen LogP contribution in [0.2, 0.25) is 0 Å². The van der Waals surface area contributed by atoms with Crippen LogP contribution in [0, 0.1) is 5.92 Å². The summed E-state index contributed by atoms with van der Waals surface area (Å²) in [7, 11) is 0. The molecule has 0 atom stereocenters. The SMILES string of the molecule is CC(C)CN(C(=O)c1n[nH]c2ccccc12)C1CC1. The highest BCUT2D eigenvalue weighted by molar-refractivity contribution is 6.04. The molecule has 1 aromatic heterocycles. The Hall–Kier alpha value is -1.84. The van der Waals surface area contributed by atoms with Crippen LogP contribution in [0.1, 0.15) is 37.2 Å². The molecule has 0 bridgehead atoms. The summed E-state index contributed by atoms with van der Waals surface area (Å²) in [6.45, 7) is 5.10. The number of aromatic nitrogens is 2. The number of H-pyrrole nitrogens is 1. The Balaban J connectivity index is 1.93. The van der Waals surface area contributed by atoms with Crippen molar-refractivity contribution >= 4 is 16.8 Å². The first-order chi connectivity index (χ1) is 9.16. The number of benzene rings is 1. The third-order valence-corrected chi connectivity index (χ3v) is 3.48. The van der Waals surface area contributed by atoms with Crippen molar-refractivity contribution in [1.29, 1.82) is 0 Å². The number of nitrogens with one attached hydrogen (secondary N) is 1. The lowest BCUT2D eigenvalue weighted by atomic mass is 10.1. The lowest BCUT2D eigenvalue weighted by Crippen LogP contribution is -2.36. The summed E-state index contributed by atoms with van der Waals surface area (Å²) in [4.78, 5) is 14.7. The topological polar surface area (TPSA) is 49.0 Å². The van der Waals surface area contributed by atoms with Crippen molar-refractivity contribution in [1.82, 2.24) is 15.1 Å². The zero-order valence-electron chi connectivity index (χ0n) is 11.4. The van der Waals surface area contributed by atoms with E-state index in [9.17, 15) is 4.79 Å². The van der Waals surface area contributed by atoms with E-state index in [1.807, 2.05) is 29.2 Å². The molecule has 1 amide bonds. The van der Waals surface area contributed by atoms with Crippen molar-refractivity contribution in [2.24, 2.45) is 5.92 Å². The van der Waals surface area contributed by atoms with Crippen molar-refractivity contribution in [3.8, 4) is 0 Å². The fraction of sp³-hybridized carbons (Fsp3) is 0.467. The van der Waals surface area contributed by atoms with Crippen LogP contribution in [-0.4, -0.2) is 33.6 Å². The highest BCUT2D eigenvalue weighted by atomic mass is 16.2. The Morgan fingerprint density at radius 2 is 2.16 bits per heavy atom. The van der Waals surface area contributed by atoms with E-state index in [0.29, 0.717) is 17.7 Å². The molecule has 4 heteroatoms. The highest BCUT2D eigenvalue weighted by Gasteiger charge is 2.34. The summed E-state index contributed by atoms with van der Waals surface area (Å²) >= 11 is 0. The molecule has 1 aliphatic rings. The molecule has 1 fully saturated rings. The Labute approximate surface area is 112 Å². The monoisotopic (exact) mass is 257 g/mol. The van der Waals surface area contributed by atoms with Gasteiger partial charge in [-0.15, -0.1) is 0 Å². The van der Waals surface area contributed by atoms with Gasteiger partial charge in [0.25, 0.3) is 5.91 Å². The maximum Gasteiger partial charge on any atom is 0.275 e. The van der Waals surface area contributed by atoms with Crippen LogP contribution in [-0.2, 0) is 0 Å². The van der Waals surface area contributed by atoms with Crippen LogP contribution in [0.4, 0.5) is 0 Å². The Bertz CT molecular complexity index is 598. The normalized spacial score (nSPS) is 15.1. The van der Waals surface area contributed by atoms with Crippen LogP contribution in [0.5, 0.6) is 0 Å². The molecule has 2 aromatic rings. The molecule has 1 aromatic carbocycles. The minimum atomic E-state index is 0.0636. The van der Waals surface area contributed by atoms with E-state index in [0.717, 1.165) is 30.3 Å². The number of aromatic amines is 1. The second-order valence-corrected chi connectivity index (χ2v) is 5.70. The van der Waals surface area contributed by atoms with Gasteiger partial charge in [-0.1, -0.05) is 32.0 Å². The fourth-order valence-corrected chi connectivity index (χ4v) is 2.44. The molecular formula is C15H19N3O. The maximum absolute atomic E-state index is 12.7. The summed E-state index contributed by atoms with van der Waals surface area (Å²) in [5.74, 6) is 0.545. The zero-order valence-corrected chi connectivity index (χ0v) is 11.4. The molecule has 0 spiro atoms. The van der Waals surface area contributed by atoms with Crippen molar-refractivity contribution in [2.45, 2.75) is 32.7 Å². The third kappa shape index (κ3) is 2.35. The first kappa shape index (κ1) is 12.2. The zero-order chi connectivity index (χ0) is 13.4. The van der Waals surface area contributed by atoms with Gasteiger partial charge in [0.15, 0.2) is 5.69 Å². The molecule has 0 radical (unpaired) electrons. The van der Waals surface area contributed by atoms with Gasteiger partial charge in [-0.05, 0) is 24.8 Å². The van der Waals surface area contributed by atoms with Gasteiger partial charge in [-0.3, -0.25) is 9.89 Å². The minimum Gasteiger partial charge on any atom is -0.334 e. The number of hydrogen-bond donors (Lipinski definition) is 1. The van der Waals surface area contributed by atoms with Gasteiger partial charge in [0.2, 0.25) is 0 Å². The van der Waals surface area contributed by atoms with E-state index in [1.165, 1.54) is 0 Å². The van der Waals surface area contributed by atoms with Crippen LogP contribution in [0.3, 0.4) is 0 Å². The molecule has 4 nitrogen and oxygen atoms in total. The summed E-state index contributed by atoms with van der Waals surface area (Å²) < 4.78 is 0. The summed E-state index contributed by atoms with van der Waals surface area (Å²) in [6, 6.07) is 8.21. The van der Waals surface area contributed by atoms with Gasteiger partial charge < -0.3 is 4.90 Å². The number of para-hydroxylation sites is 1. The molecule has 0 saturated heterocycles. The Kier molecular flexibility index (Phi) is 3.01. The predicted octanol–water partition coefficient (Wildman–Crippen LogP) is 2.82. The van der Waals surface area contributed by atoms with Crippen LogP contribution >= 0.6 is 0 Å². The number of nitrogens with zero attached hydrogens (tertiary/aromatic N) is 2. The molecule has 1 heterocycles. The molecule has 100 valence electrons. The quantitative estimate of drug-likeness (QED) is 0.915. The highest BCUT2D eigenvalue weighted by Crippen LogP contribution is 2.30. The standard InChI is InChI=1S/C15H19N3O/c1-10(2)9-18(11-7-8-11)15(19)14-12-5-3-4-6-13(12)16-17-14/h3-6,10-11H,7-9H2,1-2H3,(H,16,17). The van der Waals surface area contributed by atoms with Crippen molar-refractivity contribution in [3.05, 3.63) is 30.0 Å². The second kappa shape index (κ2) is 4.68. The van der Waals surface area contributed by atoms with Crippen molar-refractivity contribution < 1.29 is 4.79 Å². The molecule has 1 N–H and O–H groups in total. The van der Waals surface area contributed by atoms with Crippen LogP contribution in [0.25, 0.3) is 10.9 Å². The average Bonchev–Trinajstić information content (AvgIpc) is 3.14. The lowest BCUT2D eigenvalue weighted by molar-refractivity contribution is 0.0718. The summed E-state index contributed by atoms with van der Waals surface area (Å²) in [6.07, 6.45) is 2.25. The predicted molar refractivity (Wildman–Crippen MR) is 75.0 cm³/mol. The molecule has 0 aliphatic heterocycles. The lowest BCUT2D eigenvalue weighted by Gasteiger charge is -2.23. The molecule has 19 heavy (non-hydrogen) atoms. The molecule has 1 saturated carbocycles. The van der Waals surface area contributed by atoms with E-state index in [4.69, 9.17) is 0 Å². The number of carbonyl (C=O) groups is 1. The average molecular weight is 257 g/mol. The first-order valence-corrected chi connectivity index (χ1v) is 6.91. The van der Waals surface area contributed by atoms with Gasteiger partial charge in [-0.2, -0.15) is 5.10 Å². The summed E-state index contributed by atoms with van der Waals surface area (Å²) in [5.41, 5.74) is 1.48. The molecule has 1 aliphatic carbocycles. The Morgan fingerprint density at radius 3 is 2.84 bits per heavy atom. The van der Waals surface area contributed by atoms with E-state index >= 15 is 0 Å². The third-order valence-electron chi connectivity index (χ3n) is 3.48. The summed E-state index contributed by atoms with van der Waals surface area (Å²) in [5, 5.41) is 8.07. The van der Waals surface area contributed by atoms with Crippen molar-refractivity contribution in [2.75, 3.05) is 6.54 Å². The number of amides is 1. The largest absolute Gasteiger partial charge is 0.334 e. The molecule has 3 rings (SSSR count). The molecular weight excluding hydrogens is 238 g/mol. The minimum absolute atomic E-state index is 0.0636.